The van der Waals surface area contributed by atoms with Crippen molar-refractivity contribution >= 4 is 11.8 Å². The summed E-state index contributed by atoms with van der Waals surface area (Å²) in [4.78, 5) is 29.2. The van der Waals surface area contributed by atoms with Crippen LogP contribution in [-0.2, 0) is 16.0 Å². The molecule has 1 saturated heterocycles. The molecule has 2 aliphatic rings. The first-order chi connectivity index (χ1) is 12.9. The van der Waals surface area contributed by atoms with Crippen LogP contribution in [0.1, 0.15) is 31.2 Å². The molecule has 1 aromatic rings. The third-order valence-electron chi connectivity index (χ3n) is 6.06. The molecule has 1 heterocycles. The van der Waals surface area contributed by atoms with Gasteiger partial charge in [-0.3, -0.25) is 9.59 Å². The summed E-state index contributed by atoms with van der Waals surface area (Å²) in [6.07, 6.45) is 4.12. The topological polar surface area (TPSA) is 75.9 Å². The van der Waals surface area contributed by atoms with Crippen molar-refractivity contribution in [2.45, 2.75) is 32.1 Å². The fourth-order valence-electron chi connectivity index (χ4n) is 3.88. The van der Waals surface area contributed by atoms with Crippen LogP contribution in [0, 0.1) is 11.3 Å². The third kappa shape index (κ3) is 4.61. The van der Waals surface area contributed by atoms with Crippen molar-refractivity contribution in [3.8, 4) is 5.75 Å². The van der Waals surface area contributed by atoms with Crippen molar-refractivity contribution in [1.82, 2.24) is 9.80 Å². The van der Waals surface area contributed by atoms with Crippen LogP contribution in [0.5, 0.6) is 5.75 Å². The van der Waals surface area contributed by atoms with Crippen molar-refractivity contribution in [2.75, 3.05) is 40.3 Å². The van der Waals surface area contributed by atoms with Crippen molar-refractivity contribution < 1.29 is 14.3 Å². The van der Waals surface area contributed by atoms with Crippen LogP contribution in [0.4, 0.5) is 0 Å². The Balaban J connectivity index is 1.66. The Hall–Kier alpha value is -2.08. The van der Waals surface area contributed by atoms with Crippen LogP contribution in [0.3, 0.4) is 0 Å². The lowest BCUT2D eigenvalue weighted by atomic mass is 9.95. The highest BCUT2D eigenvalue weighted by Crippen LogP contribution is 2.47. The molecule has 0 aromatic heterocycles. The maximum Gasteiger partial charge on any atom is 0.238 e. The number of rotatable bonds is 8. The van der Waals surface area contributed by atoms with Gasteiger partial charge in [0.25, 0.3) is 0 Å². The number of hydrogen-bond donors (Lipinski definition) is 1. The maximum atomic E-state index is 13.1. The smallest absolute Gasteiger partial charge is 0.238 e. The molecular formula is C21H31N3O3. The molecule has 148 valence electrons. The van der Waals surface area contributed by atoms with Crippen LogP contribution in [-0.4, -0.2) is 62.0 Å². The molecule has 1 saturated carbocycles. The van der Waals surface area contributed by atoms with E-state index in [-0.39, 0.29) is 5.91 Å². The number of benzene rings is 1. The van der Waals surface area contributed by atoms with Crippen LogP contribution in [0.2, 0.25) is 0 Å². The molecule has 1 aliphatic carbocycles. The van der Waals surface area contributed by atoms with Crippen molar-refractivity contribution in [3.63, 3.8) is 0 Å². The molecular weight excluding hydrogens is 342 g/mol. The van der Waals surface area contributed by atoms with E-state index in [1.807, 2.05) is 29.2 Å². The molecule has 0 unspecified atom stereocenters. The van der Waals surface area contributed by atoms with Crippen LogP contribution >= 0.6 is 0 Å². The molecule has 0 atom stereocenters. The van der Waals surface area contributed by atoms with Gasteiger partial charge in [-0.1, -0.05) is 12.1 Å². The lowest BCUT2D eigenvalue weighted by Gasteiger charge is -2.34. The molecule has 1 aliphatic heterocycles. The summed E-state index contributed by atoms with van der Waals surface area (Å²) in [6, 6.07) is 7.92. The molecule has 2 fully saturated rings. The Morgan fingerprint density at radius 1 is 1.22 bits per heavy atom. The summed E-state index contributed by atoms with van der Waals surface area (Å²) in [5.74, 6) is 0.779. The van der Waals surface area contributed by atoms with Crippen molar-refractivity contribution in [3.05, 3.63) is 29.8 Å². The highest BCUT2D eigenvalue weighted by Gasteiger charge is 2.57. The Labute approximate surface area is 161 Å². The van der Waals surface area contributed by atoms with Gasteiger partial charge >= 0.3 is 0 Å². The van der Waals surface area contributed by atoms with Crippen molar-refractivity contribution in [2.24, 2.45) is 17.1 Å². The first-order valence-electron chi connectivity index (χ1n) is 9.85. The molecule has 27 heavy (non-hydrogen) atoms. The maximum absolute atomic E-state index is 13.1. The van der Waals surface area contributed by atoms with Gasteiger partial charge in [0.15, 0.2) is 0 Å². The number of hydrogen-bond acceptors (Lipinski definition) is 4. The Morgan fingerprint density at radius 3 is 2.37 bits per heavy atom. The van der Waals surface area contributed by atoms with Crippen LogP contribution in [0.25, 0.3) is 0 Å². The average Bonchev–Trinajstić information content (AvgIpc) is 3.48. The molecule has 2 amide bonds. The number of piperidine rings is 1. The lowest BCUT2D eigenvalue weighted by Crippen LogP contribution is -2.47. The summed E-state index contributed by atoms with van der Waals surface area (Å²) in [5, 5.41) is 0. The molecule has 3 rings (SSSR count). The van der Waals surface area contributed by atoms with Crippen LogP contribution in [0.15, 0.2) is 24.3 Å². The monoisotopic (exact) mass is 373 g/mol. The Kier molecular flexibility index (Phi) is 6.05. The normalized spacial score (nSPS) is 19.5. The van der Waals surface area contributed by atoms with E-state index in [4.69, 9.17) is 10.5 Å². The minimum Gasteiger partial charge on any atom is -0.497 e. The zero-order valence-corrected chi connectivity index (χ0v) is 16.4. The number of carbonyl (C=O) groups excluding carboxylic acids is 2. The first-order valence-corrected chi connectivity index (χ1v) is 9.85. The molecule has 0 spiro atoms. The number of carbonyl (C=O) groups is 2. The van der Waals surface area contributed by atoms with Gasteiger partial charge in [0.2, 0.25) is 11.8 Å². The van der Waals surface area contributed by atoms with Gasteiger partial charge in [-0.25, -0.2) is 0 Å². The molecule has 6 heteroatoms. The Morgan fingerprint density at radius 2 is 1.85 bits per heavy atom. The number of amides is 2. The van der Waals surface area contributed by atoms with E-state index >= 15 is 0 Å². The first kappa shape index (κ1) is 19.7. The summed E-state index contributed by atoms with van der Waals surface area (Å²) in [5.41, 5.74) is 5.77. The molecule has 6 nitrogen and oxygen atoms in total. The zero-order chi connectivity index (χ0) is 19.4. The highest BCUT2D eigenvalue weighted by molar-refractivity contribution is 6.07. The second kappa shape index (κ2) is 8.30. The van der Waals surface area contributed by atoms with Gasteiger partial charge in [-0.2, -0.15) is 0 Å². The predicted octanol–water partition coefficient (Wildman–Crippen LogP) is 1.67. The number of nitrogens with zero attached hydrogens (tertiary/aromatic N) is 2. The van der Waals surface area contributed by atoms with Gasteiger partial charge in [0.1, 0.15) is 11.2 Å². The summed E-state index contributed by atoms with van der Waals surface area (Å²) >= 11 is 0. The largest absolute Gasteiger partial charge is 0.497 e. The van der Waals surface area contributed by atoms with E-state index in [1.54, 1.807) is 7.11 Å². The van der Waals surface area contributed by atoms with Gasteiger partial charge < -0.3 is 20.3 Å². The van der Waals surface area contributed by atoms with E-state index in [2.05, 4.69) is 11.9 Å². The van der Waals surface area contributed by atoms with Crippen molar-refractivity contribution in [1.29, 1.82) is 0 Å². The standard InChI is InChI=1S/C21H31N3O3/c1-23-12-7-17(8-13-23)15-24(20(26)21(10-11-21)19(22)25)14-9-16-3-5-18(27-2)6-4-16/h3-6,17H,7-15H2,1-2H3,(H2,22,25). The number of ether oxygens (including phenoxy) is 1. The van der Waals surface area contributed by atoms with E-state index in [0.29, 0.717) is 25.3 Å². The van der Waals surface area contributed by atoms with Gasteiger partial charge in [0, 0.05) is 13.1 Å². The fraction of sp³-hybridized carbons (Fsp3) is 0.619. The van der Waals surface area contributed by atoms with E-state index in [0.717, 1.165) is 50.2 Å². The second-order valence-electron chi connectivity index (χ2n) is 8.04. The molecule has 0 radical (unpaired) electrons. The quantitative estimate of drug-likeness (QED) is 0.704. The lowest BCUT2D eigenvalue weighted by molar-refractivity contribution is -0.143. The Bertz CT molecular complexity index is 662. The molecule has 0 bridgehead atoms. The zero-order valence-electron chi connectivity index (χ0n) is 16.4. The van der Waals surface area contributed by atoms with E-state index in [1.165, 1.54) is 0 Å². The molecule has 2 N–H and O–H groups in total. The minimum absolute atomic E-state index is 0.0672. The van der Waals surface area contributed by atoms with Gasteiger partial charge in [0.05, 0.1) is 7.11 Å². The van der Waals surface area contributed by atoms with Crippen LogP contribution < -0.4 is 10.5 Å². The minimum atomic E-state index is -0.939. The average molecular weight is 373 g/mol. The summed E-state index contributed by atoms with van der Waals surface area (Å²) < 4.78 is 5.20. The SMILES string of the molecule is COc1ccc(CCN(CC2CCN(C)CC2)C(=O)C2(C(N)=O)CC2)cc1. The van der Waals surface area contributed by atoms with Gasteiger partial charge in [-0.05, 0) is 75.9 Å². The highest BCUT2D eigenvalue weighted by atomic mass is 16.5. The second-order valence-corrected chi connectivity index (χ2v) is 8.04. The number of likely N-dealkylation sites (tertiary alicyclic amines) is 1. The van der Waals surface area contributed by atoms with Gasteiger partial charge in [-0.15, -0.1) is 0 Å². The van der Waals surface area contributed by atoms with E-state index in [9.17, 15) is 9.59 Å². The molecule has 1 aromatic carbocycles. The number of primary amides is 1. The number of nitrogens with two attached hydrogens (primary N) is 1. The predicted molar refractivity (Wildman–Crippen MR) is 104 cm³/mol. The number of methoxy groups -OCH3 is 1. The third-order valence-corrected chi connectivity index (χ3v) is 6.06. The summed E-state index contributed by atoms with van der Waals surface area (Å²) in [7, 11) is 3.78. The summed E-state index contributed by atoms with van der Waals surface area (Å²) in [6.45, 7) is 3.46. The fourth-order valence-corrected chi connectivity index (χ4v) is 3.88. The van der Waals surface area contributed by atoms with E-state index < -0.39 is 11.3 Å².